The van der Waals surface area contributed by atoms with Gasteiger partial charge in [-0.15, -0.1) is 0 Å². The molecule has 6 nitrogen and oxygen atoms in total. The van der Waals surface area contributed by atoms with Crippen LogP contribution in [0.15, 0.2) is 72.8 Å². The van der Waals surface area contributed by atoms with E-state index in [0.717, 1.165) is 110 Å². The van der Waals surface area contributed by atoms with Crippen LogP contribution in [0, 0.1) is 0 Å². The second-order valence-corrected chi connectivity index (χ2v) is 19.8. The summed E-state index contributed by atoms with van der Waals surface area (Å²) in [5.74, 6) is 1.89. The van der Waals surface area contributed by atoms with Crippen LogP contribution in [-0.4, -0.2) is 30.6 Å². The molecule has 12 rings (SSSR count). The molecule has 6 N–H and O–H groups in total. The fourth-order valence-corrected chi connectivity index (χ4v) is 12.6. The van der Waals surface area contributed by atoms with Gasteiger partial charge in [-0.05, 0) is 257 Å². The minimum Gasteiger partial charge on any atom is -0.507 e. The standard InChI is InChI=1S/3C20H22O2/c3*21-17-11-9-13-5-1-3-7-15(13)19(17)20-16-8-4-2-6-14(16)10-12-18(20)22/h3*9-12,21-22H,1-8H2. The first-order valence-corrected chi connectivity index (χ1v) is 25.3. The molecule has 6 aliphatic rings. The van der Waals surface area contributed by atoms with Gasteiger partial charge in [0.15, 0.2) is 0 Å². The van der Waals surface area contributed by atoms with E-state index in [0.29, 0.717) is 34.5 Å². The Kier molecular flexibility index (Phi) is 12.8. The van der Waals surface area contributed by atoms with E-state index in [9.17, 15) is 30.6 Å². The zero-order valence-corrected chi connectivity index (χ0v) is 38.6. The van der Waals surface area contributed by atoms with Crippen molar-refractivity contribution < 1.29 is 30.6 Å². The van der Waals surface area contributed by atoms with Crippen LogP contribution in [0.25, 0.3) is 33.4 Å². The van der Waals surface area contributed by atoms with Crippen LogP contribution in [0.5, 0.6) is 34.5 Å². The average Bonchev–Trinajstić information content (AvgIpc) is 3.35. The fraction of sp³-hybridized carbons (Fsp3) is 0.400. The Labute approximate surface area is 390 Å². The second-order valence-electron chi connectivity index (χ2n) is 19.8. The van der Waals surface area contributed by atoms with Crippen LogP contribution < -0.4 is 0 Å². The lowest BCUT2D eigenvalue weighted by Crippen LogP contribution is -2.08. The Hall–Kier alpha value is -5.88. The van der Waals surface area contributed by atoms with Crippen LogP contribution >= 0.6 is 0 Å². The van der Waals surface area contributed by atoms with Crippen molar-refractivity contribution in [3.63, 3.8) is 0 Å². The maximum absolute atomic E-state index is 10.5. The highest BCUT2D eigenvalue weighted by molar-refractivity contribution is 5.85. The molecule has 0 fully saturated rings. The summed E-state index contributed by atoms with van der Waals surface area (Å²) in [7, 11) is 0. The molecular formula is C60H66O6. The number of fused-ring (bicyclic) bond motifs is 6. The molecule has 6 aliphatic carbocycles. The first-order valence-electron chi connectivity index (χ1n) is 25.3. The third-order valence-electron chi connectivity index (χ3n) is 15.8. The second kappa shape index (κ2) is 19.1. The largest absolute Gasteiger partial charge is 0.507 e. The van der Waals surface area contributed by atoms with Crippen molar-refractivity contribution in [1.82, 2.24) is 0 Å². The van der Waals surface area contributed by atoms with E-state index < -0.39 is 0 Å². The molecule has 0 radical (unpaired) electrons. The van der Waals surface area contributed by atoms with Gasteiger partial charge in [0.1, 0.15) is 34.5 Å². The average molecular weight is 883 g/mol. The number of phenolic OH excluding ortho intramolecular Hbond substituents is 6. The third kappa shape index (κ3) is 8.41. The number of phenols is 6. The first kappa shape index (κ1) is 44.0. The zero-order valence-electron chi connectivity index (χ0n) is 38.6. The molecule has 0 aromatic heterocycles. The molecule has 66 heavy (non-hydrogen) atoms. The summed E-state index contributed by atoms with van der Waals surface area (Å²) >= 11 is 0. The van der Waals surface area contributed by atoms with E-state index in [1.807, 2.05) is 0 Å². The summed E-state index contributed by atoms with van der Waals surface area (Å²) in [5.41, 5.74) is 20.9. The SMILES string of the molecule is Oc1ccc2c(c1-c1c(O)ccc3c1CCCC3)CCCC2.Oc1ccc2c(c1-c1c(O)ccc3c1CCCC3)CCCC2.Oc1ccc2c(c1-c1c(O)ccc3c1CCCC3)CCCC2. The third-order valence-corrected chi connectivity index (χ3v) is 15.8. The number of hydrogen-bond acceptors (Lipinski definition) is 6. The van der Waals surface area contributed by atoms with Gasteiger partial charge in [-0.1, -0.05) is 36.4 Å². The number of aromatic hydroxyl groups is 6. The van der Waals surface area contributed by atoms with Gasteiger partial charge in [0.05, 0.1) is 0 Å². The summed E-state index contributed by atoms with van der Waals surface area (Å²) in [5, 5.41) is 63.2. The summed E-state index contributed by atoms with van der Waals surface area (Å²) in [6.45, 7) is 0. The maximum Gasteiger partial charge on any atom is 0.123 e. The Morgan fingerprint density at radius 1 is 0.182 bits per heavy atom. The van der Waals surface area contributed by atoms with Gasteiger partial charge in [0.2, 0.25) is 0 Å². The predicted octanol–water partition coefficient (Wildman–Crippen LogP) is 13.6. The van der Waals surface area contributed by atoms with Gasteiger partial charge in [0, 0.05) is 33.4 Å². The van der Waals surface area contributed by atoms with Crippen LogP contribution in [-0.2, 0) is 77.0 Å². The quantitative estimate of drug-likeness (QED) is 0.105. The van der Waals surface area contributed by atoms with Crippen molar-refractivity contribution in [2.75, 3.05) is 0 Å². The number of rotatable bonds is 3. The molecule has 342 valence electrons. The van der Waals surface area contributed by atoms with Crippen molar-refractivity contribution in [2.45, 2.75) is 154 Å². The van der Waals surface area contributed by atoms with Gasteiger partial charge in [0.25, 0.3) is 0 Å². The van der Waals surface area contributed by atoms with E-state index in [4.69, 9.17) is 0 Å². The maximum atomic E-state index is 10.5. The Morgan fingerprint density at radius 3 is 0.470 bits per heavy atom. The minimum atomic E-state index is 0.315. The molecule has 0 saturated heterocycles. The minimum absolute atomic E-state index is 0.315. The number of aryl methyl sites for hydroxylation is 6. The summed E-state index contributed by atoms with van der Waals surface area (Å²) in [6.07, 6.45) is 26.8. The number of hydrogen-bond donors (Lipinski definition) is 6. The predicted molar refractivity (Wildman–Crippen MR) is 265 cm³/mol. The molecule has 0 heterocycles. The highest BCUT2D eigenvalue weighted by Gasteiger charge is 2.28. The lowest BCUT2D eigenvalue weighted by molar-refractivity contribution is 0.466. The summed E-state index contributed by atoms with van der Waals surface area (Å²) in [6, 6.07) is 23.2. The van der Waals surface area contributed by atoms with Crippen molar-refractivity contribution in [1.29, 1.82) is 0 Å². The van der Waals surface area contributed by atoms with Crippen molar-refractivity contribution >= 4 is 0 Å². The molecule has 6 aromatic carbocycles. The van der Waals surface area contributed by atoms with Crippen molar-refractivity contribution in [3.8, 4) is 67.9 Å². The molecule has 0 unspecified atom stereocenters. The molecular weight excluding hydrogens is 817 g/mol. The van der Waals surface area contributed by atoms with Gasteiger partial charge in [-0.2, -0.15) is 0 Å². The molecule has 0 aliphatic heterocycles. The van der Waals surface area contributed by atoms with E-state index in [-0.39, 0.29) is 0 Å². The highest BCUT2D eigenvalue weighted by atomic mass is 16.3. The smallest absolute Gasteiger partial charge is 0.123 e. The topological polar surface area (TPSA) is 121 Å². The zero-order chi connectivity index (χ0) is 45.3. The van der Waals surface area contributed by atoms with E-state index in [1.165, 1.54) is 144 Å². The van der Waals surface area contributed by atoms with Crippen molar-refractivity contribution in [3.05, 3.63) is 140 Å². The highest BCUT2D eigenvalue weighted by Crippen LogP contribution is 2.49. The van der Waals surface area contributed by atoms with Gasteiger partial charge < -0.3 is 30.6 Å². The lowest BCUT2D eigenvalue weighted by Gasteiger charge is -2.25. The monoisotopic (exact) mass is 882 g/mol. The van der Waals surface area contributed by atoms with Crippen molar-refractivity contribution in [2.24, 2.45) is 0 Å². The van der Waals surface area contributed by atoms with E-state index >= 15 is 0 Å². The summed E-state index contributed by atoms with van der Waals surface area (Å²) < 4.78 is 0. The molecule has 0 saturated carbocycles. The Balaban J connectivity index is 0.000000116. The van der Waals surface area contributed by atoms with E-state index in [2.05, 4.69) is 36.4 Å². The number of benzene rings is 6. The Morgan fingerprint density at radius 2 is 0.318 bits per heavy atom. The molecule has 0 spiro atoms. The van der Waals surface area contributed by atoms with E-state index in [1.54, 1.807) is 36.4 Å². The van der Waals surface area contributed by atoms with Crippen LogP contribution in [0.3, 0.4) is 0 Å². The molecule has 6 heteroatoms. The molecule has 6 aromatic rings. The van der Waals surface area contributed by atoms with Crippen LogP contribution in [0.1, 0.15) is 144 Å². The Bertz CT molecular complexity index is 2300. The van der Waals surface area contributed by atoms with Crippen LogP contribution in [0.2, 0.25) is 0 Å². The van der Waals surface area contributed by atoms with Gasteiger partial charge in [-0.3, -0.25) is 0 Å². The molecule has 0 amide bonds. The normalized spacial score (nSPS) is 16.9. The van der Waals surface area contributed by atoms with Gasteiger partial charge in [-0.25, -0.2) is 0 Å². The van der Waals surface area contributed by atoms with Crippen LogP contribution in [0.4, 0.5) is 0 Å². The summed E-state index contributed by atoms with van der Waals surface area (Å²) in [4.78, 5) is 0. The first-order chi connectivity index (χ1) is 32.3. The molecule has 0 bridgehead atoms. The van der Waals surface area contributed by atoms with Gasteiger partial charge >= 0.3 is 0 Å². The molecule has 0 atom stereocenters. The lowest BCUT2D eigenvalue weighted by atomic mass is 9.80. The fourth-order valence-electron chi connectivity index (χ4n) is 12.6.